The van der Waals surface area contributed by atoms with Gasteiger partial charge in [-0.3, -0.25) is 0 Å². The molecule has 0 amide bonds. The molecule has 0 N–H and O–H groups in total. The van der Waals surface area contributed by atoms with E-state index in [1.807, 2.05) is 24.3 Å². The average Bonchev–Trinajstić information content (AvgIpc) is 2.48. The number of carbonyl (C=O) groups excluding carboxylic acids is 1. The molecular weight excluding hydrogens is 250 g/mol. The molecule has 2 rings (SSSR count). The van der Waals surface area contributed by atoms with Crippen molar-refractivity contribution in [1.29, 1.82) is 5.26 Å². The van der Waals surface area contributed by atoms with Crippen molar-refractivity contribution in [3.05, 3.63) is 65.2 Å². The second-order valence-corrected chi connectivity index (χ2v) is 4.40. The molecule has 0 atom stereocenters. The molecule has 3 nitrogen and oxygen atoms in total. The molecule has 0 aliphatic heterocycles. The molecule has 2 aromatic carbocycles. The standard InChI is InChI=1S/C17H15NO2/c1-2-7-13-8-3-5-10-15(13)17(19)20-16-11-6-4-9-14(16)12-18/h3-6,8-11H,2,7H2,1H3. The summed E-state index contributed by atoms with van der Waals surface area (Å²) in [5, 5.41) is 9.00. The fraction of sp³-hybridized carbons (Fsp3) is 0.176. The SMILES string of the molecule is CCCc1ccccc1C(=O)Oc1ccccc1C#N. The first kappa shape index (κ1) is 13.8. The summed E-state index contributed by atoms with van der Waals surface area (Å²) in [6.45, 7) is 2.06. The van der Waals surface area contributed by atoms with E-state index in [2.05, 4.69) is 6.92 Å². The third-order valence-electron chi connectivity index (χ3n) is 2.97. The summed E-state index contributed by atoms with van der Waals surface area (Å²) < 4.78 is 5.35. The van der Waals surface area contributed by atoms with Gasteiger partial charge in [0.05, 0.1) is 11.1 Å². The van der Waals surface area contributed by atoms with Gasteiger partial charge in [0.1, 0.15) is 11.8 Å². The van der Waals surface area contributed by atoms with E-state index in [9.17, 15) is 4.79 Å². The van der Waals surface area contributed by atoms with Crippen molar-refractivity contribution in [3.8, 4) is 11.8 Å². The van der Waals surface area contributed by atoms with E-state index in [0.29, 0.717) is 16.9 Å². The molecule has 3 heteroatoms. The van der Waals surface area contributed by atoms with Gasteiger partial charge in [0, 0.05) is 0 Å². The maximum Gasteiger partial charge on any atom is 0.343 e. The molecule has 0 saturated carbocycles. The molecule has 0 spiro atoms. The van der Waals surface area contributed by atoms with Crippen LogP contribution in [0, 0.1) is 11.3 Å². The van der Waals surface area contributed by atoms with Crippen molar-refractivity contribution in [2.75, 3.05) is 0 Å². The molecule has 0 aromatic heterocycles. The monoisotopic (exact) mass is 265 g/mol. The number of ether oxygens (including phenoxy) is 1. The molecule has 0 aliphatic rings. The number of esters is 1. The lowest BCUT2D eigenvalue weighted by molar-refractivity contribution is 0.0733. The van der Waals surface area contributed by atoms with Crippen LogP contribution in [0.3, 0.4) is 0 Å². The van der Waals surface area contributed by atoms with Gasteiger partial charge in [-0.2, -0.15) is 5.26 Å². The fourth-order valence-corrected chi connectivity index (χ4v) is 2.01. The van der Waals surface area contributed by atoms with Crippen molar-refractivity contribution in [2.24, 2.45) is 0 Å². The van der Waals surface area contributed by atoms with Crippen molar-refractivity contribution in [3.63, 3.8) is 0 Å². The number of hydrogen-bond acceptors (Lipinski definition) is 3. The first-order chi connectivity index (χ1) is 9.76. The Morgan fingerprint density at radius 2 is 1.85 bits per heavy atom. The topological polar surface area (TPSA) is 50.1 Å². The quantitative estimate of drug-likeness (QED) is 0.625. The van der Waals surface area contributed by atoms with Gasteiger partial charge in [-0.15, -0.1) is 0 Å². The smallest absolute Gasteiger partial charge is 0.343 e. The third-order valence-corrected chi connectivity index (χ3v) is 2.97. The number of para-hydroxylation sites is 1. The van der Waals surface area contributed by atoms with E-state index in [0.717, 1.165) is 18.4 Å². The normalized spacial score (nSPS) is 9.80. The summed E-state index contributed by atoms with van der Waals surface area (Å²) in [4.78, 5) is 12.2. The number of hydrogen-bond donors (Lipinski definition) is 0. The lowest BCUT2D eigenvalue weighted by Gasteiger charge is -2.09. The van der Waals surface area contributed by atoms with Gasteiger partial charge in [0.25, 0.3) is 0 Å². The minimum atomic E-state index is -0.420. The molecular formula is C17H15NO2. The third kappa shape index (κ3) is 3.04. The molecule has 2 aromatic rings. The number of benzene rings is 2. The van der Waals surface area contributed by atoms with E-state index >= 15 is 0 Å². The van der Waals surface area contributed by atoms with Crippen LogP contribution >= 0.6 is 0 Å². The van der Waals surface area contributed by atoms with Crippen LogP contribution in [0.15, 0.2) is 48.5 Å². The van der Waals surface area contributed by atoms with Gasteiger partial charge >= 0.3 is 5.97 Å². The molecule has 0 unspecified atom stereocenters. The Bertz CT molecular complexity index is 656. The van der Waals surface area contributed by atoms with Crippen LogP contribution in [0.1, 0.15) is 34.8 Å². The lowest BCUT2D eigenvalue weighted by atomic mass is 10.0. The second-order valence-electron chi connectivity index (χ2n) is 4.40. The zero-order valence-electron chi connectivity index (χ0n) is 11.3. The Morgan fingerprint density at radius 3 is 2.60 bits per heavy atom. The van der Waals surface area contributed by atoms with Crippen molar-refractivity contribution >= 4 is 5.97 Å². The highest BCUT2D eigenvalue weighted by atomic mass is 16.5. The Kier molecular flexibility index (Phi) is 4.52. The Balaban J connectivity index is 2.27. The van der Waals surface area contributed by atoms with E-state index in [1.54, 1.807) is 30.3 Å². The molecule has 20 heavy (non-hydrogen) atoms. The van der Waals surface area contributed by atoms with Gasteiger partial charge in [-0.1, -0.05) is 43.7 Å². The van der Waals surface area contributed by atoms with Gasteiger partial charge in [0.15, 0.2) is 0 Å². The Morgan fingerprint density at radius 1 is 1.15 bits per heavy atom. The first-order valence-electron chi connectivity index (χ1n) is 6.55. The summed E-state index contributed by atoms with van der Waals surface area (Å²) >= 11 is 0. The van der Waals surface area contributed by atoms with E-state index in [-0.39, 0.29) is 0 Å². The maximum absolute atomic E-state index is 12.2. The second kappa shape index (κ2) is 6.53. The maximum atomic E-state index is 12.2. The predicted molar refractivity (Wildman–Crippen MR) is 76.6 cm³/mol. The minimum Gasteiger partial charge on any atom is -0.422 e. The number of aryl methyl sites for hydroxylation is 1. The zero-order valence-corrected chi connectivity index (χ0v) is 11.3. The summed E-state index contributed by atoms with van der Waals surface area (Å²) in [5.74, 6) is -0.122. The number of carbonyl (C=O) groups is 1. The fourth-order valence-electron chi connectivity index (χ4n) is 2.01. The minimum absolute atomic E-state index is 0.298. The number of rotatable bonds is 4. The predicted octanol–water partition coefficient (Wildman–Crippen LogP) is 3.73. The lowest BCUT2D eigenvalue weighted by Crippen LogP contribution is -2.12. The van der Waals surface area contributed by atoms with Crippen LogP contribution in [-0.2, 0) is 6.42 Å². The van der Waals surface area contributed by atoms with Crippen molar-refractivity contribution in [2.45, 2.75) is 19.8 Å². The number of nitrogens with zero attached hydrogens (tertiary/aromatic N) is 1. The van der Waals surface area contributed by atoms with E-state index in [4.69, 9.17) is 10.00 Å². The van der Waals surface area contributed by atoms with Gasteiger partial charge in [0.2, 0.25) is 0 Å². The summed E-state index contributed by atoms with van der Waals surface area (Å²) in [6, 6.07) is 16.1. The number of nitriles is 1. The molecule has 0 bridgehead atoms. The van der Waals surface area contributed by atoms with Crippen LogP contribution < -0.4 is 4.74 Å². The van der Waals surface area contributed by atoms with E-state index in [1.165, 1.54) is 0 Å². The summed E-state index contributed by atoms with van der Waals surface area (Å²) in [6.07, 6.45) is 1.78. The van der Waals surface area contributed by atoms with Gasteiger partial charge in [-0.05, 0) is 30.2 Å². The van der Waals surface area contributed by atoms with Gasteiger partial charge < -0.3 is 4.74 Å². The van der Waals surface area contributed by atoms with E-state index < -0.39 is 5.97 Å². The van der Waals surface area contributed by atoms with Gasteiger partial charge in [-0.25, -0.2) is 4.79 Å². The largest absolute Gasteiger partial charge is 0.422 e. The molecule has 0 heterocycles. The molecule has 0 aliphatic carbocycles. The molecule has 0 fully saturated rings. The molecule has 0 saturated heterocycles. The highest BCUT2D eigenvalue weighted by Crippen LogP contribution is 2.20. The Labute approximate surface area is 118 Å². The van der Waals surface area contributed by atoms with Crippen LogP contribution in [0.4, 0.5) is 0 Å². The van der Waals surface area contributed by atoms with Crippen LogP contribution in [0.2, 0.25) is 0 Å². The molecule has 0 radical (unpaired) electrons. The van der Waals surface area contributed by atoms with Crippen LogP contribution in [0.25, 0.3) is 0 Å². The van der Waals surface area contributed by atoms with Crippen LogP contribution in [-0.4, -0.2) is 5.97 Å². The highest BCUT2D eigenvalue weighted by Gasteiger charge is 2.14. The summed E-state index contributed by atoms with van der Waals surface area (Å²) in [5.41, 5.74) is 1.88. The Hall–Kier alpha value is -2.60. The first-order valence-corrected chi connectivity index (χ1v) is 6.55. The zero-order chi connectivity index (χ0) is 14.4. The van der Waals surface area contributed by atoms with Crippen molar-refractivity contribution < 1.29 is 9.53 Å². The van der Waals surface area contributed by atoms with Crippen molar-refractivity contribution in [1.82, 2.24) is 0 Å². The average molecular weight is 265 g/mol. The highest BCUT2D eigenvalue weighted by molar-refractivity contribution is 5.92. The molecule has 100 valence electrons. The summed E-state index contributed by atoms with van der Waals surface area (Å²) in [7, 11) is 0. The van der Waals surface area contributed by atoms with Crippen LogP contribution in [0.5, 0.6) is 5.75 Å².